The van der Waals surface area contributed by atoms with E-state index in [2.05, 4.69) is 10.3 Å². The maximum atomic E-state index is 12.0. The number of nitrogens with one attached hydrogen (secondary N) is 1. The SMILES string of the molecule is CCCc1cc(C(=O)NC(CO)COC)cc(Cl)n1. The molecule has 0 aliphatic rings. The lowest BCUT2D eigenvalue weighted by atomic mass is 10.1. The van der Waals surface area contributed by atoms with Crippen LogP contribution in [-0.4, -0.2) is 42.4 Å². The molecule has 19 heavy (non-hydrogen) atoms. The maximum absolute atomic E-state index is 12.0. The second-order valence-corrected chi connectivity index (χ2v) is 4.62. The van der Waals surface area contributed by atoms with Gasteiger partial charge in [0, 0.05) is 18.4 Å². The van der Waals surface area contributed by atoms with Gasteiger partial charge in [0.1, 0.15) is 5.15 Å². The molecule has 0 saturated carbocycles. The molecule has 1 unspecified atom stereocenters. The number of amides is 1. The van der Waals surface area contributed by atoms with Crippen LogP contribution >= 0.6 is 11.6 Å². The number of pyridine rings is 1. The fourth-order valence-corrected chi connectivity index (χ4v) is 1.90. The highest BCUT2D eigenvalue weighted by molar-refractivity contribution is 6.29. The number of carbonyl (C=O) groups is 1. The zero-order valence-corrected chi connectivity index (χ0v) is 11.9. The Morgan fingerprint density at radius 3 is 2.89 bits per heavy atom. The number of ether oxygens (including phenoxy) is 1. The van der Waals surface area contributed by atoms with E-state index in [1.54, 1.807) is 6.07 Å². The normalized spacial score (nSPS) is 12.2. The fourth-order valence-electron chi connectivity index (χ4n) is 1.68. The molecule has 0 radical (unpaired) electrons. The number of carbonyl (C=O) groups excluding carboxylic acids is 1. The Kier molecular flexibility index (Phi) is 6.77. The van der Waals surface area contributed by atoms with Crippen molar-refractivity contribution in [3.05, 3.63) is 28.5 Å². The van der Waals surface area contributed by atoms with Crippen molar-refractivity contribution < 1.29 is 14.6 Å². The van der Waals surface area contributed by atoms with E-state index in [4.69, 9.17) is 21.4 Å². The van der Waals surface area contributed by atoms with E-state index in [1.165, 1.54) is 13.2 Å². The zero-order chi connectivity index (χ0) is 14.3. The molecule has 5 nitrogen and oxygen atoms in total. The Morgan fingerprint density at radius 2 is 2.32 bits per heavy atom. The first-order chi connectivity index (χ1) is 9.10. The summed E-state index contributed by atoms with van der Waals surface area (Å²) < 4.78 is 4.90. The number of hydrogen-bond acceptors (Lipinski definition) is 4. The summed E-state index contributed by atoms with van der Waals surface area (Å²) >= 11 is 5.90. The van der Waals surface area contributed by atoms with Crippen LogP contribution in [0, 0.1) is 0 Å². The summed E-state index contributed by atoms with van der Waals surface area (Å²) in [5.41, 5.74) is 1.23. The predicted octanol–water partition coefficient (Wildman–Crippen LogP) is 1.42. The molecular formula is C13H19ClN2O3. The smallest absolute Gasteiger partial charge is 0.251 e. The molecule has 1 heterocycles. The average molecular weight is 287 g/mol. The van der Waals surface area contributed by atoms with Crippen LogP contribution < -0.4 is 5.32 Å². The summed E-state index contributed by atoms with van der Waals surface area (Å²) in [7, 11) is 1.51. The molecule has 106 valence electrons. The van der Waals surface area contributed by atoms with Gasteiger partial charge in [0.25, 0.3) is 5.91 Å². The van der Waals surface area contributed by atoms with Crippen LogP contribution in [0.15, 0.2) is 12.1 Å². The maximum Gasteiger partial charge on any atom is 0.251 e. The van der Waals surface area contributed by atoms with E-state index in [9.17, 15) is 4.79 Å². The van der Waals surface area contributed by atoms with E-state index in [0.717, 1.165) is 18.5 Å². The number of aromatic nitrogens is 1. The Hall–Kier alpha value is -1.17. The number of hydrogen-bond donors (Lipinski definition) is 2. The van der Waals surface area contributed by atoms with Gasteiger partial charge in [-0.15, -0.1) is 0 Å². The zero-order valence-electron chi connectivity index (χ0n) is 11.1. The van der Waals surface area contributed by atoms with Crippen molar-refractivity contribution in [1.82, 2.24) is 10.3 Å². The molecule has 1 atom stereocenters. The van der Waals surface area contributed by atoms with E-state index >= 15 is 0 Å². The molecule has 0 fully saturated rings. The molecule has 1 amide bonds. The van der Waals surface area contributed by atoms with E-state index in [-0.39, 0.29) is 19.1 Å². The number of rotatable bonds is 7. The second kappa shape index (κ2) is 8.09. The molecule has 6 heteroatoms. The summed E-state index contributed by atoms with van der Waals surface area (Å²) in [5.74, 6) is -0.294. The van der Waals surface area contributed by atoms with Gasteiger partial charge in [0.2, 0.25) is 0 Å². The quantitative estimate of drug-likeness (QED) is 0.744. The third kappa shape index (κ3) is 5.14. The summed E-state index contributed by atoms with van der Waals surface area (Å²) in [4.78, 5) is 16.2. The third-order valence-corrected chi connectivity index (χ3v) is 2.73. The minimum Gasteiger partial charge on any atom is -0.394 e. The highest BCUT2D eigenvalue weighted by Gasteiger charge is 2.14. The number of halogens is 1. The number of aryl methyl sites for hydroxylation is 1. The number of methoxy groups -OCH3 is 1. The van der Waals surface area contributed by atoms with Gasteiger partial charge in [-0.05, 0) is 18.6 Å². The van der Waals surface area contributed by atoms with Crippen molar-refractivity contribution in [3.63, 3.8) is 0 Å². The van der Waals surface area contributed by atoms with Crippen LogP contribution in [0.5, 0.6) is 0 Å². The molecule has 0 aromatic carbocycles. The van der Waals surface area contributed by atoms with Crippen molar-refractivity contribution in [2.24, 2.45) is 0 Å². The van der Waals surface area contributed by atoms with Gasteiger partial charge in [-0.1, -0.05) is 24.9 Å². The monoisotopic (exact) mass is 286 g/mol. The van der Waals surface area contributed by atoms with Gasteiger partial charge in [-0.25, -0.2) is 4.98 Å². The first-order valence-electron chi connectivity index (χ1n) is 6.17. The van der Waals surface area contributed by atoms with Crippen LogP contribution in [0.3, 0.4) is 0 Å². The standard InChI is InChI=1S/C13H19ClN2O3/c1-3-4-10-5-9(6-12(14)15-10)13(18)16-11(7-17)8-19-2/h5-6,11,17H,3-4,7-8H2,1-2H3,(H,16,18). The van der Waals surface area contributed by atoms with Crippen LogP contribution in [0.1, 0.15) is 29.4 Å². The first kappa shape index (κ1) is 15.9. The lowest BCUT2D eigenvalue weighted by molar-refractivity contribution is 0.0839. The lowest BCUT2D eigenvalue weighted by Crippen LogP contribution is -2.40. The summed E-state index contributed by atoms with van der Waals surface area (Å²) in [6, 6.07) is 2.79. The number of aliphatic hydroxyl groups excluding tert-OH is 1. The molecule has 0 aliphatic carbocycles. The molecule has 1 rings (SSSR count). The van der Waals surface area contributed by atoms with Gasteiger partial charge in [0.15, 0.2) is 0 Å². The van der Waals surface area contributed by atoms with E-state index in [0.29, 0.717) is 10.7 Å². The molecule has 0 spiro atoms. The van der Waals surface area contributed by atoms with Crippen LogP contribution in [0.4, 0.5) is 0 Å². The van der Waals surface area contributed by atoms with Crippen LogP contribution in [0.25, 0.3) is 0 Å². The van der Waals surface area contributed by atoms with E-state index in [1.807, 2.05) is 6.92 Å². The van der Waals surface area contributed by atoms with Crippen molar-refractivity contribution >= 4 is 17.5 Å². The predicted molar refractivity (Wildman–Crippen MR) is 73.5 cm³/mol. The Bertz CT molecular complexity index is 426. The lowest BCUT2D eigenvalue weighted by Gasteiger charge is -2.15. The molecular weight excluding hydrogens is 268 g/mol. The highest BCUT2D eigenvalue weighted by Crippen LogP contribution is 2.12. The third-order valence-electron chi connectivity index (χ3n) is 2.54. The second-order valence-electron chi connectivity index (χ2n) is 4.23. The van der Waals surface area contributed by atoms with E-state index < -0.39 is 6.04 Å². The van der Waals surface area contributed by atoms with Crippen LogP contribution in [0.2, 0.25) is 5.15 Å². The first-order valence-corrected chi connectivity index (χ1v) is 6.55. The van der Waals surface area contributed by atoms with Crippen molar-refractivity contribution in [2.75, 3.05) is 20.3 Å². The molecule has 0 aliphatic heterocycles. The Morgan fingerprint density at radius 1 is 1.58 bits per heavy atom. The number of aliphatic hydroxyl groups is 1. The minimum atomic E-state index is -0.431. The molecule has 0 saturated heterocycles. The highest BCUT2D eigenvalue weighted by atomic mass is 35.5. The summed E-state index contributed by atoms with van der Waals surface area (Å²) in [5, 5.41) is 12.1. The Balaban J connectivity index is 2.80. The minimum absolute atomic E-state index is 0.180. The fraction of sp³-hybridized carbons (Fsp3) is 0.538. The molecule has 1 aromatic rings. The van der Waals surface area contributed by atoms with Crippen molar-refractivity contribution in [1.29, 1.82) is 0 Å². The van der Waals surface area contributed by atoms with Gasteiger partial charge < -0.3 is 15.2 Å². The summed E-state index contributed by atoms with van der Waals surface area (Å²) in [6.07, 6.45) is 1.69. The number of nitrogens with zero attached hydrogens (tertiary/aromatic N) is 1. The van der Waals surface area contributed by atoms with Crippen molar-refractivity contribution in [3.8, 4) is 0 Å². The van der Waals surface area contributed by atoms with Crippen molar-refractivity contribution in [2.45, 2.75) is 25.8 Å². The molecule has 2 N–H and O–H groups in total. The molecule has 0 bridgehead atoms. The summed E-state index contributed by atoms with van der Waals surface area (Å²) in [6.45, 7) is 2.10. The largest absolute Gasteiger partial charge is 0.394 e. The van der Waals surface area contributed by atoms with Gasteiger partial charge >= 0.3 is 0 Å². The Labute approximate surface area is 117 Å². The van der Waals surface area contributed by atoms with Gasteiger partial charge in [0.05, 0.1) is 19.3 Å². The van der Waals surface area contributed by atoms with Gasteiger partial charge in [-0.2, -0.15) is 0 Å². The van der Waals surface area contributed by atoms with Crippen LogP contribution in [-0.2, 0) is 11.2 Å². The van der Waals surface area contributed by atoms with Gasteiger partial charge in [-0.3, -0.25) is 4.79 Å². The average Bonchev–Trinajstić information content (AvgIpc) is 2.37. The molecule has 1 aromatic heterocycles. The topological polar surface area (TPSA) is 71.5 Å².